The van der Waals surface area contributed by atoms with Gasteiger partial charge in [0.15, 0.2) is 9.84 Å². The molecule has 102 valence electrons. The summed E-state index contributed by atoms with van der Waals surface area (Å²) in [5.74, 6) is 0. The second-order valence-electron chi connectivity index (χ2n) is 4.37. The van der Waals surface area contributed by atoms with E-state index in [1.165, 1.54) is 5.01 Å². The van der Waals surface area contributed by atoms with E-state index in [4.69, 9.17) is 11.6 Å². The lowest BCUT2D eigenvalue weighted by Gasteiger charge is -2.27. The van der Waals surface area contributed by atoms with Crippen LogP contribution in [0, 0.1) is 0 Å². The van der Waals surface area contributed by atoms with Crippen molar-refractivity contribution in [1.29, 1.82) is 0 Å². The topological polar surface area (TPSA) is 49.4 Å². The Balaban J connectivity index is 2.55. The van der Waals surface area contributed by atoms with E-state index >= 15 is 0 Å². The standard InChI is InChI=1S/C13H15ClN2O2S/c1-10(2)19(17,18)12-7-4-3-6-11(12)16-13(14)8-5-9-15-16/h3-10,15H,1-2H3. The van der Waals surface area contributed by atoms with E-state index in [1.54, 1.807) is 56.5 Å². The summed E-state index contributed by atoms with van der Waals surface area (Å²) < 4.78 is 24.7. The van der Waals surface area contributed by atoms with Crippen molar-refractivity contribution in [2.75, 3.05) is 5.01 Å². The van der Waals surface area contributed by atoms with E-state index in [9.17, 15) is 8.42 Å². The van der Waals surface area contributed by atoms with Crippen LogP contribution in [0.1, 0.15) is 13.8 Å². The SMILES string of the molecule is CC(C)S(=O)(=O)c1ccccc1N1NC=CC=C1Cl. The highest BCUT2D eigenvalue weighted by molar-refractivity contribution is 7.92. The molecule has 2 rings (SSSR count). The lowest BCUT2D eigenvalue weighted by Crippen LogP contribution is -2.34. The Kier molecular flexibility index (Phi) is 3.87. The molecule has 0 atom stereocenters. The van der Waals surface area contributed by atoms with Crippen LogP contribution in [-0.2, 0) is 9.84 Å². The lowest BCUT2D eigenvalue weighted by atomic mass is 10.3. The Hall–Kier alpha value is -1.46. The number of benzene rings is 1. The van der Waals surface area contributed by atoms with Gasteiger partial charge >= 0.3 is 0 Å². The Morgan fingerprint density at radius 2 is 1.95 bits per heavy atom. The Labute approximate surface area is 118 Å². The molecule has 6 heteroatoms. The van der Waals surface area contributed by atoms with Gasteiger partial charge in [0.1, 0.15) is 5.16 Å². The maximum Gasteiger partial charge on any atom is 0.182 e. The number of nitrogens with one attached hydrogen (secondary N) is 1. The van der Waals surface area contributed by atoms with Crippen molar-refractivity contribution >= 4 is 27.1 Å². The highest BCUT2D eigenvalue weighted by Crippen LogP contribution is 2.30. The first-order valence-corrected chi connectivity index (χ1v) is 7.78. The summed E-state index contributed by atoms with van der Waals surface area (Å²) in [6.07, 6.45) is 5.12. The van der Waals surface area contributed by atoms with Crippen LogP contribution in [0.4, 0.5) is 5.69 Å². The summed E-state index contributed by atoms with van der Waals surface area (Å²) in [5, 5.41) is 1.46. The number of anilines is 1. The molecule has 19 heavy (non-hydrogen) atoms. The van der Waals surface area contributed by atoms with Crippen molar-refractivity contribution in [3.05, 3.63) is 47.8 Å². The monoisotopic (exact) mass is 298 g/mol. The second kappa shape index (κ2) is 5.27. The number of hydrazine groups is 1. The number of para-hydroxylation sites is 1. The number of allylic oxidation sites excluding steroid dienone is 2. The van der Waals surface area contributed by atoms with E-state index in [1.807, 2.05) is 0 Å². The molecular weight excluding hydrogens is 284 g/mol. The van der Waals surface area contributed by atoms with E-state index < -0.39 is 15.1 Å². The van der Waals surface area contributed by atoms with Crippen molar-refractivity contribution in [3.63, 3.8) is 0 Å². The fourth-order valence-corrected chi connectivity index (χ4v) is 3.14. The van der Waals surface area contributed by atoms with Crippen LogP contribution >= 0.6 is 11.6 Å². The number of rotatable bonds is 3. The van der Waals surface area contributed by atoms with Crippen molar-refractivity contribution < 1.29 is 8.42 Å². The molecule has 1 aliphatic heterocycles. The third-order valence-corrected chi connectivity index (χ3v) is 5.28. The maximum absolute atomic E-state index is 12.4. The third kappa shape index (κ3) is 2.62. The number of halogens is 1. The molecular formula is C13H15ClN2O2S. The molecule has 0 saturated carbocycles. The van der Waals surface area contributed by atoms with Gasteiger partial charge in [0, 0.05) is 6.20 Å². The Morgan fingerprint density at radius 3 is 2.58 bits per heavy atom. The van der Waals surface area contributed by atoms with Gasteiger partial charge in [-0.25, -0.2) is 13.4 Å². The average Bonchev–Trinajstić information content (AvgIpc) is 2.39. The highest BCUT2D eigenvalue weighted by atomic mass is 35.5. The number of hydrogen-bond donors (Lipinski definition) is 1. The fourth-order valence-electron chi connectivity index (χ4n) is 1.70. The molecule has 0 radical (unpaired) electrons. The first kappa shape index (κ1) is 14.0. The summed E-state index contributed by atoms with van der Waals surface area (Å²) in [5.41, 5.74) is 3.44. The fraction of sp³-hybridized carbons (Fsp3) is 0.231. The van der Waals surface area contributed by atoms with Crippen LogP contribution < -0.4 is 10.4 Å². The smallest absolute Gasteiger partial charge is 0.182 e. The Morgan fingerprint density at radius 1 is 1.26 bits per heavy atom. The first-order chi connectivity index (χ1) is 8.94. The van der Waals surface area contributed by atoms with Crippen LogP contribution in [0.25, 0.3) is 0 Å². The summed E-state index contributed by atoms with van der Waals surface area (Å²) in [6.45, 7) is 3.32. The van der Waals surface area contributed by atoms with Gasteiger partial charge in [0.2, 0.25) is 0 Å². The molecule has 1 aromatic rings. The Bertz CT molecular complexity index is 636. The van der Waals surface area contributed by atoms with Crippen LogP contribution in [0.15, 0.2) is 52.7 Å². The van der Waals surface area contributed by atoms with Gasteiger partial charge in [0.25, 0.3) is 0 Å². The zero-order valence-electron chi connectivity index (χ0n) is 10.7. The average molecular weight is 299 g/mol. The minimum Gasteiger partial charge on any atom is -0.300 e. The largest absolute Gasteiger partial charge is 0.300 e. The molecule has 0 unspecified atom stereocenters. The predicted molar refractivity (Wildman–Crippen MR) is 77.5 cm³/mol. The summed E-state index contributed by atoms with van der Waals surface area (Å²) in [4.78, 5) is 0.263. The van der Waals surface area contributed by atoms with Crippen molar-refractivity contribution in [3.8, 4) is 0 Å². The zero-order chi connectivity index (χ0) is 14.0. The van der Waals surface area contributed by atoms with Gasteiger partial charge in [-0.3, -0.25) is 0 Å². The molecule has 4 nitrogen and oxygen atoms in total. The van der Waals surface area contributed by atoms with Crippen molar-refractivity contribution in [1.82, 2.24) is 5.43 Å². The number of sulfone groups is 1. The van der Waals surface area contributed by atoms with Crippen LogP contribution in [0.2, 0.25) is 0 Å². The summed E-state index contributed by atoms with van der Waals surface area (Å²) in [7, 11) is -3.37. The van der Waals surface area contributed by atoms with Gasteiger partial charge in [0.05, 0.1) is 15.8 Å². The van der Waals surface area contributed by atoms with Crippen LogP contribution in [0.3, 0.4) is 0 Å². The minimum atomic E-state index is -3.37. The normalized spacial score (nSPS) is 15.4. The molecule has 1 aromatic carbocycles. The predicted octanol–water partition coefficient (Wildman–Crippen LogP) is 2.79. The van der Waals surface area contributed by atoms with Crippen LogP contribution in [0.5, 0.6) is 0 Å². The first-order valence-electron chi connectivity index (χ1n) is 5.86. The molecule has 0 bridgehead atoms. The zero-order valence-corrected chi connectivity index (χ0v) is 12.2. The third-order valence-electron chi connectivity index (χ3n) is 2.78. The van der Waals surface area contributed by atoms with Gasteiger partial charge in [-0.2, -0.15) is 0 Å². The van der Waals surface area contributed by atoms with Gasteiger partial charge in [-0.05, 0) is 38.1 Å². The molecule has 1 N–H and O–H groups in total. The van der Waals surface area contributed by atoms with Gasteiger partial charge in [-0.15, -0.1) is 0 Å². The molecule has 0 aromatic heterocycles. The number of nitrogens with zero attached hydrogens (tertiary/aromatic N) is 1. The molecule has 0 spiro atoms. The summed E-state index contributed by atoms with van der Waals surface area (Å²) in [6, 6.07) is 6.79. The van der Waals surface area contributed by atoms with E-state index in [0.29, 0.717) is 10.8 Å². The van der Waals surface area contributed by atoms with E-state index in [2.05, 4.69) is 5.43 Å². The maximum atomic E-state index is 12.4. The van der Waals surface area contributed by atoms with Crippen LogP contribution in [-0.4, -0.2) is 13.7 Å². The number of hydrogen-bond acceptors (Lipinski definition) is 4. The summed E-state index contributed by atoms with van der Waals surface area (Å²) >= 11 is 6.10. The quantitative estimate of drug-likeness (QED) is 0.872. The molecule has 0 saturated heterocycles. The molecule has 0 fully saturated rings. The lowest BCUT2D eigenvalue weighted by molar-refractivity contribution is 0.587. The molecule has 1 aliphatic rings. The molecule has 0 amide bonds. The van der Waals surface area contributed by atoms with E-state index in [-0.39, 0.29) is 4.90 Å². The second-order valence-corrected chi connectivity index (χ2v) is 7.23. The molecule has 1 heterocycles. The van der Waals surface area contributed by atoms with Gasteiger partial charge in [-0.1, -0.05) is 23.7 Å². The molecule has 0 aliphatic carbocycles. The highest BCUT2D eigenvalue weighted by Gasteiger charge is 2.26. The van der Waals surface area contributed by atoms with E-state index in [0.717, 1.165) is 0 Å². The van der Waals surface area contributed by atoms with Crippen molar-refractivity contribution in [2.24, 2.45) is 0 Å². The van der Waals surface area contributed by atoms with Crippen molar-refractivity contribution in [2.45, 2.75) is 24.0 Å². The van der Waals surface area contributed by atoms with Gasteiger partial charge < -0.3 is 5.43 Å². The minimum absolute atomic E-state index is 0.263.